The second kappa shape index (κ2) is 9.97. The molecule has 1 aliphatic rings. The largest absolute Gasteiger partial charge is 0.494 e. The Balaban J connectivity index is 1.46. The van der Waals surface area contributed by atoms with Crippen LogP contribution >= 0.6 is 23.1 Å². The highest BCUT2D eigenvalue weighted by molar-refractivity contribution is 8.15. The zero-order chi connectivity index (χ0) is 22.5. The summed E-state index contributed by atoms with van der Waals surface area (Å²) in [6.07, 6.45) is 1.69. The molecule has 0 bridgehead atoms. The number of anilines is 1. The predicted octanol–water partition coefficient (Wildman–Crippen LogP) is 4.84. The molecule has 164 valence electrons. The Morgan fingerprint density at radius 3 is 2.78 bits per heavy atom. The highest BCUT2D eigenvalue weighted by atomic mass is 32.2. The molecule has 2 amide bonds. The summed E-state index contributed by atoms with van der Waals surface area (Å²) in [5, 5.41) is 3.40. The topological polar surface area (TPSA) is 83.9 Å². The van der Waals surface area contributed by atoms with Crippen molar-refractivity contribution in [3.05, 3.63) is 61.2 Å². The van der Waals surface area contributed by atoms with Crippen LogP contribution in [0.5, 0.6) is 5.75 Å². The van der Waals surface area contributed by atoms with Crippen LogP contribution in [0.1, 0.15) is 13.3 Å². The van der Waals surface area contributed by atoms with Crippen LogP contribution in [0.4, 0.5) is 10.8 Å². The van der Waals surface area contributed by atoms with Gasteiger partial charge in [-0.1, -0.05) is 41.3 Å². The number of aromatic nitrogens is 1. The van der Waals surface area contributed by atoms with Gasteiger partial charge in [-0.05, 0) is 43.3 Å². The summed E-state index contributed by atoms with van der Waals surface area (Å²) in [6.45, 7) is 6.55. The zero-order valence-electron chi connectivity index (χ0n) is 17.5. The number of fused-ring (bicyclic) bond motifs is 1. The van der Waals surface area contributed by atoms with Crippen LogP contribution in [0, 0.1) is 0 Å². The van der Waals surface area contributed by atoms with Crippen LogP contribution in [0.3, 0.4) is 0 Å². The van der Waals surface area contributed by atoms with Crippen molar-refractivity contribution in [2.75, 3.05) is 18.5 Å². The van der Waals surface area contributed by atoms with E-state index in [-0.39, 0.29) is 18.2 Å². The average Bonchev–Trinajstić information content (AvgIpc) is 3.31. The average molecular weight is 467 g/mol. The number of carbonyl (C=O) groups excluding carboxylic acids is 2. The maximum Gasteiger partial charge on any atom is 0.242 e. The van der Waals surface area contributed by atoms with Gasteiger partial charge in [0.25, 0.3) is 0 Å². The second-order valence-corrected chi connectivity index (χ2v) is 9.09. The fourth-order valence-corrected chi connectivity index (χ4v) is 5.24. The third-order valence-electron chi connectivity index (χ3n) is 4.63. The molecule has 1 unspecified atom stereocenters. The molecule has 1 saturated heterocycles. The van der Waals surface area contributed by atoms with Crippen molar-refractivity contribution in [1.29, 1.82) is 0 Å². The lowest BCUT2D eigenvalue weighted by atomic mass is 10.2. The van der Waals surface area contributed by atoms with Crippen molar-refractivity contribution in [2.45, 2.75) is 18.6 Å². The van der Waals surface area contributed by atoms with Gasteiger partial charge in [0.15, 0.2) is 5.17 Å². The highest BCUT2D eigenvalue weighted by Gasteiger charge is 2.38. The lowest BCUT2D eigenvalue weighted by molar-refractivity contribution is -0.127. The summed E-state index contributed by atoms with van der Waals surface area (Å²) in [6, 6.07) is 14.9. The molecule has 1 aromatic heterocycles. The molecule has 0 radical (unpaired) electrons. The molecule has 32 heavy (non-hydrogen) atoms. The molecule has 4 rings (SSSR count). The van der Waals surface area contributed by atoms with Crippen LogP contribution in [0.25, 0.3) is 10.2 Å². The number of ether oxygens (including phenoxy) is 1. The third-order valence-corrected chi connectivity index (χ3v) is 6.73. The molecule has 1 fully saturated rings. The summed E-state index contributed by atoms with van der Waals surface area (Å²) in [5.74, 6) is 0.346. The van der Waals surface area contributed by atoms with Crippen LogP contribution in [0.15, 0.2) is 66.2 Å². The SMILES string of the molecule is C=CCN1C(=O)C(CC(=O)Nc2ccc(OCC)cc2)SC1=Nc1nc2ccccc2s1. The van der Waals surface area contributed by atoms with E-state index in [2.05, 4.69) is 21.9 Å². The standard InChI is InChI=1S/C23H22N4O3S2/c1-3-13-27-21(29)19(14-20(28)24-15-9-11-16(12-10-15)30-4-2)32-23(27)26-22-25-17-7-5-6-8-18(17)31-22/h3,5-12,19H,1,4,13-14H2,2H3,(H,24,28). The number of hydrogen-bond acceptors (Lipinski definition) is 7. The van der Waals surface area contributed by atoms with Crippen LogP contribution in [-0.4, -0.2) is 45.3 Å². The van der Waals surface area contributed by atoms with Crippen LogP contribution < -0.4 is 10.1 Å². The number of hydrogen-bond donors (Lipinski definition) is 1. The number of aliphatic imine (C=N–C) groups is 1. The molecular formula is C23H22N4O3S2. The van der Waals surface area contributed by atoms with E-state index in [9.17, 15) is 9.59 Å². The molecule has 1 aliphatic heterocycles. The second-order valence-electron chi connectivity index (χ2n) is 6.91. The van der Waals surface area contributed by atoms with Gasteiger partial charge in [-0.25, -0.2) is 4.98 Å². The van der Waals surface area contributed by atoms with Crippen molar-refractivity contribution in [3.8, 4) is 5.75 Å². The molecule has 3 aromatic rings. The number of thioether (sulfide) groups is 1. The van der Waals surface area contributed by atoms with E-state index < -0.39 is 5.25 Å². The molecule has 0 spiro atoms. The molecule has 0 saturated carbocycles. The Morgan fingerprint density at radius 2 is 2.06 bits per heavy atom. The molecule has 7 nitrogen and oxygen atoms in total. The van der Waals surface area contributed by atoms with Gasteiger partial charge < -0.3 is 10.1 Å². The number of nitrogens with zero attached hydrogens (tertiary/aromatic N) is 3. The molecule has 0 aliphatic carbocycles. The Morgan fingerprint density at radius 1 is 1.28 bits per heavy atom. The van der Waals surface area contributed by atoms with Crippen molar-refractivity contribution in [1.82, 2.24) is 9.88 Å². The number of amidine groups is 1. The number of nitrogens with one attached hydrogen (secondary N) is 1. The number of para-hydroxylation sites is 1. The van der Waals surface area contributed by atoms with Gasteiger partial charge in [0.1, 0.15) is 11.0 Å². The van der Waals surface area contributed by atoms with Gasteiger partial charge >= 0.3 is 0 Å². The first-order chi connectivity index (χ1) is 15.6. The first-order valence-corrected chi connectivity index (χ1v) is 11.8. The maximum absolute atomic E-state index is 12.9. The third kappa shape index (κ3) is 5.00. The zero-order valence-corrected chi connectivity index (χ0v) is 19.1. The van der Waals surface area contributed by atoms with Crippen molar-refractivity contribution in [2.24, 2.45) is 4.99 Å². The van der Waals surface area contributed by atoms with E-state index in [1.54, 1.807) is 35.2 Å². The van der Waals surface area contributed by atoms with E-state index >= 15 is 0 Å². The van der Waals surface area contributed by atoms with Crippen molar-refractivity contribution in [3.63, 3.8) is 0 Å². The van der Waals surface area contributed by atoms with E-state index in [1.165, 1.54) is 23.1 Å². The summed E-state index contributed by atoms with van der Waals surface area (Å²) >= 11 is 2.75. The van der Waals surface area contributed by atoms with Crippen molar-refractivity contribution < 1.29 is 14.3 Å². The quantitative estimate of drug-likeness (QED) is 0.480. The first kappa shape index (κ1) is 22.0. The van der Waals surface area contributed by atoms with Crippen LogP contribution in [-0.2, 0) is 9.59 Å². The minimum Gasteiger partial charge on any atom is -0.494 e. The normalized spacial score (nSPS) is 17.2. The van der Waals surface area contributed by atoms with Gasteiger partial charge in [0, 0.05) is 18.7 Å². The van der Waals surface area contributed by atoms with Gasteiger partial charge in [0.2, 0.25) is 16.9 Å². The Labute approximate surface area is 194 Å². The van der Waals surface area contributed by atoms with Gasteiger partial charge in [0.05, 0.1) is 16.8 Å². The minimum absolute atomic E-state index is 0.0449. The summed E-state index contributed by atoms with van der Waals surface area (Å²) in [4.78, 5) is 36.2. The van der Waals surface area contributed by atoms with E-state index in [1.807, 2.05) is 31.2 Å². The Hall–Kier alpha value is -3.17. The number of thiazole rings is 1. The molecular weight excluding hydrogens is 444 g/mol. The van der Waals surface area contributed by atoms with Gasteiger partial charge in [-0.15, -0.1) is 6.58 Å². The Kier molecular flexibility index (Phi) is 6.87. The monoisotopic (exact) mass is 466 g/mol. The predicted molar refractivity (Wildman–Crippen MR) is 131 cm³/mol. The Bertz CT molecular complexity index is 1140. The fraction of sp³-hybridized carbons (Fsp3) is 0.217. The lowest BCUT2D eigenvalue weighted by Crippen LogP contribution is -2.33. The number of rotatable bonds is 8. The summed E-state index contributed by atoms with van der Waals surface area (Å²) in [5.41, 5.74) is 1.52. The lowest BCUT2D eigenvalue weighted by Gasteiger charge is -2.13. The summed E-state index contributed by atoms with van der Waals surface area (Å²) in [7, 11) is 0. The highest BCUT2D eigenvalue weighted by Crippen LogP contribution is 2.34. The van der Waals surface area contributed by atoms with E-state index in [4.69, 9.17) is 4.74 Å². The minimum atomic E-state index is -0.550. The van der Waals surface area contributed by atoms with E-state index in [0.29, 0.717) is 29.1 Å². The molecule has 1 N–H and O–H groups in total. The molecule has 9 heteroatoms. The fourth-order valence-electron chi connectivity index (χ4n) is 3.19. The smallest absolute Gasteiger partial charge is 0.242 e. The van der Waals surface area contributed by atoms with E-state index in [0.717, 1.165) is 16.0 Å². The number of amides is 2. The van der Waals surface area contributed by atoms with Crippen molar-refractivity contribution >= 4 is 61.1 Å². The maximum atomic E-state index is 12.9. The number of carbonyl (C=O) groups is 2. The number of benzene rings is 2. The van der Waals surface area contributed by atoms with Gasteiger partial charge in [-0.3, -0.25) is 14.5 Å². The molecule has 2 aromatic carbocycles. The summed E-state index contributed by atoms with van der Waals surface area (Å²) < 4.78 is 6.44. The van der Waals surface area contributed by atoms with Crippen LogP contribution in [0.2, 0.25) is 0 Å². The first-order valence-electron chi connectivity index (χ1n) is 10.1. The van der Waals surface area contributed by atoms with Gasteiger partial charge in [-0.2, -0.15) is 4.99 Å². The molecule has 1 atom stereocenters. The molecule has 2 heterocycles.